The first-order valence-corrected chi connectivity index (χ1v) is 5.11. The molecule has 2 rings (SSSR count). The van der Waals surface area contributed by atoms with Crippen LogP contribution >= 0.6 is 0 Å². The molecule has 6 heteroatoms. The molecule has 0 bridgehead atoms. The summed E-state index contributed by atoms with van der Waals surface area (Å²) in [6.45, 7) is 2.29. The van der Waals surface area contributed by atoms with Crippen LogP contribution in [0, 0.1) is 0 Å². The standard InChI is InChI=1S/C9H15N3O3/c10-8(13)7-1-3-12(7)9(14)6-5-15-4-2-11-6/h6-7,11H,1-5H2,(H2,10,13). The first-order chi connectivity index (χ1) is 7.20. The SMILES string of the molecule is NC(=O)C1CCN1C(=O)C1COCCN1. The van der Waals surface area contributed by atoms with Gasteiger partial charge in [0.2, 0.25) is 11.8 Å². The largest absolute Gasteiger partial charge is 0.378 e. The third-order valence-corrected chi connectivity index (χ3v) is 2.85. The summed E-state index contributed by atoms with van der Waals surface area (Å²) in [4.78, 5) is 24.3. The molecule has 2 atom stereocenters. The fourth-order valence-corrected chi connectivity index (χ4v) is 1.87. The smallest absolute Gasteiger partial charge is 0.242 e. The van der Waals surface area contributed by atoms with Crippen molar-refractivity contribution in [1.82, 2.24) is 10.2 Å². The van der Waals surface area contributed by atoms with Crippen molar-refractivity contribution in [2.24, 2.45) is 5.73 Å². The van der Waals surface area contributed by atoms with Crippen LogP contribution in [0.5, 0.6) is 0 Å². The summed E-state index contributed by atoms with van der Waals surface area (Å²) in [6, 6.07) is -0.734. The Morgan fingerprint density at radius 1 is 1.47 bits per heavy atom. The number of hydrogen-bond acceptors (Lipinski definition) is 4. The lowest BCUT2D eigenvalue weighted by Gasteiger charge is -2.41. The zero-order chi connectivity index (χ0) is 10.8. The van der Waals surface area contributed by atoms with Crippen molar-refractivity contribution in [3.05, 3.63) is 0 Å². The molecule has 2 saturated heterocycles. The molecular weight excluding hydrogens is 198 g/mol. The fourth-order valence-electron chi connectivity index (χ4n) is 1.87. The third-order valence-electron chi connectivity index (χ3n) is 2.85. The average Bonchev–Trinajstić information content (AvgIpc) is 2.16. The molecule has 0 aromatic rings. The van der Waals surface area contributed by atoms with Gasteiger partial charge < -0.3 is 20.7 Å². The Morgan fingerprint density at radius 2 is 2.27 bits per heavy atom. The van der Waals surface area contributed by atoms with Crippen LogP contribution in [-0.4, -0.2) is 55.1 Å². The molecule has 6 nitrogen and oxygen atoms in total. The summed E-state index contributed by atoms with van der Waals surface area (Å²) in [6.07, 6.45) is 0.675. The number of hydrogen-bond donors (Lipinski definition) is 2. The summed E-state index contributed by atoms with van der Waals surface area (Å²) >= 11 is 0. The number of nitrogens with two attached hydrogens (primary N) is 1. The molecule has 2 unspecified atom stereocenters. The Balaban J connectivity index is 1.92. The minimum atomic E-state index is -0.425. The van der Waals surface area contributed by atoms with Crippen molar-refractivity contribution in [2.45, 2.75) is 18.5 Å². The average molecular weight is 213 g/mol. The Bertz CT molecular complexity index is 276. The second-order valence-corrected chi connectivity index (χ2v) is 3.82. The van der Waals surface area contributed by atoms with Crippen molar-refractivity contribution in [3.63, 3.8) is 0 Å². The van der Waals surface area contributed by atoms with Crippen LogP contribution < -0.4 is 11.1 Å². The van der Waals surface area contributed by atoms with Crippen LogP contribution in [0.25, 0.3) is 0 Å². The molecular formula is C9H15N3O3. The van der Waals surface area contributed by atoms with Crippen LogP contribution in [0.3, 0.4) is 0 Å². The number of nitrogens with one attached hydrogen (secondary N) is 1. The van der Waals surface area contributed by atoms with Gasteiger partial charge in [-0.2, -0.15) is 0 Å². The highest BCUT2D eigenvalue weighted by molar-refractivity contribution is 5.90. The number of likely N-dealkylation sites (tertiary alicyclic amines) is 1. The summed E-state index contributed by atoms with van der Waals surface area (Å²) in [5, 5.41) is 3.06. The van der Waals surface area contributed by atoms with Gasteiger partial charge in [-0.3, -0.25) is 9.59 Å². The van der Waals surface area contributed by atoms with Gasteiger partial charge >= 0.3 is 0 Å². The van der Waals surface area contributed by atoms with Gasteiger partial charge in [0.1, 0.15) is 12.1 Å². The second-order valence-electron chi connectivity index (χ2n) is 3.82. The molecule has 0 aromatic carbocycles. The number of primary amides is 1. The molecule has 2 fully saturated rings. The van der Waals surface area contributed by atoms with E-state index in [2.05, 4.69) is 5.32 Å². The van der Waals surface area contributed by atoms with Crippen LogP contribution in [0.4, 0.5) is 0 Å². The molecule has 3 N–H and O–H groups in total. The first kappa shape index (κ1) is 10.4. The quantitative estimate of drug-likeness (QED) is 0.559. The molecule has 2 amide bonds. The summed E-state index contributed by atoms with van der Waals surface area (Å²) in [7, 11) is 0. The summed E-state index contributed by atoms with van der Waals surface area (Å²) in [5.74, 6) is -0.504. The van der Waals surface area contributed by atoms with Crippen LogP contribution in [-0.2, 0) is 14.3 Å². The van der Waals surface area contributed by atoms with Crippen molar-refractivity contribution in [1.29, 1.82) is 0 Å². The normalized spacial score (nSPS) is 30.8. The van der Waals surface area contributed by atoms with E-state index >= 15 is 0 Å². The summed E-state index contributed by atoms with van der Waals surface area (Å²) < 4.78 is 5.19. The van der Waals surface area contributed by atoms with Gasteiger partial charge in [-0.05, 0) is 6.42 Å². The van der Waals surface area contributed by atoms with Crippen LogP contribution in [0.2, 0.25) is 0 Å². The molecule has 2 aliphatic rings. The van der Waals surface area contributed by atoms with Gasteiger partial charge in [-0.15, -0.1) is 0 Å². The van der Waals surface area contributed by atoms with Crippen molar-refractivity contribution >= 4 is 11.8 Å². The van der Waals surface area contributed by atoms with Gasteiger partial charge in [0.05, 0.1) is 13.2 Å². The molecule has 2 heterocycles. The van der Waals surface area contributed by atoms with Gasteiger partial charge in [0.15, 0.2) is 0 Å². The Hall–Kier alpha value is -1.14. The lowest BCUT2D eigenvalue weighted by Crippen LogP contribution is -2.63. The number of amides is 2. The fraction of sp³-hybridized carbons (Fsp3) is 0.778. The third kappa shape index (κ3) is 1.95. The highest BCUT2D eigenvalue weighted by Gasteiger charge is 2.39. The number of nitrogens with zero attached hydrogens (tertiary/aromatic N) is 1. The molecule has 0 radical (unpaired) electrons. The maximum absolute atomic E-state index is 11.9. The van der Waals surface area contributed by atoms with Crippen molar-refractivity contribution in [2.75, 3.05) is 26.3 Å². The predicted octanol–water partition coefficient (Wildman–Crippen LogP) is -1.94. The Labute approximate surface area is 87.7 Å². The lowest BCUT2D eigenvalue weighted by atomic mass is 10.0. The Kier molecular flexibility index (Phi) is 2.88. The second kappa shape index (κ2) is 4.16. The predicted molar refractivity (Wildman–Crippen MR) is 51.9 cm³/mol. The van der Waals surface area contributed by atoms with E-state index in [-0.39, 0.29) is 11.9 Å². The number of carbonyl (C=O) groups is 2. The minimum Gasteiger partial charge on any atom is -0.378 e. The molecule has 0 aliphatic carbocycles. The Morgan fingerprint density at radius 3 is 2.73 bits per heavy atom. The minimum absolute atomic E-state index is 0.0789. The number of ether oxygens (including phenoxy) is 1. The highest BCUT2D eigenvalue weighted by atomic mass is 16.5. The van der Waals surface area contributed by atoms with Crippen molar-refractivity contribution < 1.29 is 14.3 Å². The van der Waals surface area contributed by atoms with Gasteiger partial charge in [0, 0.05) is 13.1 Å². The number of morpholine rings is 1. The zero-order valence-corrected chi connectivity index (χ0v) is 8.44. The van der Waals surface area contributed by atoms with E-state index in [1.54, 1.807) is 0 Å². The molecule has 15 heavy (non-hydrogen) atoms. The maximum atomic E-state index is 11.9. The van der Waals surface area contributed by atoms with Crippen molar-refractivity contribution in [3.8, 4) is 0 Å². The first-order valence-electron chi connectivity index (χ1n) is 5.11. The topological polar surface area (TPSA) is 84.7 Å². The van der Waals surface area contributed by atoms with E-state index in [9.17, 15) is 9.59 Å². The van der Waals surface area contributed by atoms with Gasteiger partial charge in [-0.1, -0.05) is 0 Å². The van der Waals surface area contributed by atoms with E-state index in [0.717, 1.165) is 0 Å². The highest BCUT2D eigenvalue weighted by Crippen LogP contribution is 2.18. The van der Waals surface area contributed by atoms with E-state index in [1.807, 2.05) is 0 Å². The maximum Gasteiger partial charge on any atom is 0.242 e. The molecule has 0 aromatic heterocycles. The van der Waals surface area contributed by atoms with E-state index in [1.165, 1.54) is 4.90 Å². The number of carbonyl (C=O) groups excluding carboxylic acids is 2. The van der Waals surface area contributed by atoms with Gasteiger partial charge in [0.25, 0.3) is 0 Å². The molecule has 2 aliphatic heterocycles. The van der Waals surface area contributed by atoms with Crippen LogP contribution in [0.1, 0.15) is 6.42 Å². The lowest BCUT2D eigenvalue weighted by molar-refractivity contribution is -0.149. The monoisotopic (exact) mass is 213 g/mol. The van der Waals surface area contributed by atoms with E-state index < -0.39 is 11.9 Å². The zero-order valence-electron chi connectivity index (χ0n) is 8.44. The number of rotatable bonds is 2. The summed E-state index contributed by atoms with van der Waals surface area (Å²) in [5.41, 5.74) is 5.17. The molecule has 84 valence electrons. The van der Waals surface area contributed by atoms with E-state index in [4.69, 9.17) is 10.5 Å². The molecule has 0 saturated carbocycles. The van der Waals surface area contributed by atoms with Crippen LogP contribution in [0.15, 0.2) is 0 Å². The van der Waals surface area contributed by atoms with Gasteiger partial charge in [-0.25, -0.2) is 0 Å². The van der Waals surface area contributed by atoms with E-state index in [0.29, 0.717) is 32.7 Å². The molecule has 0 spiro atoms.